The van der Waals surface area contributed by atoms with Crippen molar-refractivity contribution in [2.75, 3.05) is 10.6 Å². The van der Waals surface area contributed by atoms with Crippen LogP contribution in [0.2, 0.25) is 0 Å². The van der Waals surface area contributed by atoms with E-state index in [-0.39, 0.29) is 17.0 Å². The molecule has 1 aromatic rings. The molecule has 146 valence electrons. The van der Waals surface area contributed by atoms with Crippen molar-refractivity contribution >= 4 is 23.2 Å². The summed E-state index contributed by atoms with van der Waals surface area (Å²) in [6.45, 7) is 0. The van der Waals surface area contributed by atoms with Crippen LogP contribution in [0.25, 0.3) is 0 Å². The van der Waals surface area contributed by atoms with Crippen molar-refractivity contribution in [3.8, 4) is 0 Å². The second-order valence-corrected chi connectivity index (χ2v) is 8.67. The third-order valence-electron chi connectivity index (χ3n) is 6.38. The van der Waals surface area contributed by atoms with Crippen LogP contribution < -0.4 is 10.6 Å². The zero-order valence-corrected chi connectivity index (χ0v) is 14.9. The first-order valence-electron chi connectivity index (χ1n) is 9.49. The number of halogens is 3. The molecule has 4 fully saturated rings. The third-order valence-corrected chi connectivity index (χ3v) is 6.38. The van der Waals surface area contributed by atoms with E-state index >= 15 is 0 Å². The van der Waals surface area contributed by atoms with Crippen molar-refractivity contribution in [2.24, 2.45) is 23.2 Å². The van der Waals surface area contributed by atoms with Crippen molar-refractivity contribution in [2.45, 2.75) is 51.1 Å². The van der Waals surface area contributed by atoms with Crippen LogP contribution in [0.1, 0.15) is 44.9 Å². The summed E-state index contributed by atoms with van der Waals surface area (Å²) in [6.07, 6.45) is 3.01. The van der Waals surface area contributed by atoms with Gasteiger partial charge >= 0.3 is 12.1 Å². The molecular formula is C20H23F3N2O2. The van der Waals surface area contributed by atoms with Gasteiger partial charge in [0.1, 0.15) is 0 Å². The molecule has 0 aromatic heterocycles. The number of hydrogen-bond donors (Lipinski definition) is 2. The summed E-state index contributed by atoms with van der Waals surface area (Å²) in [4.78, 5) is 23.5. The van der Waals surface area contributed by atoms with Crippen molar-refractivity contribution in [3.05, 3.63) is 24.3 Å². The Kier molecular flexibility index (Phi) is 4.43. The van der Waals surface area contributed by atoms with Gasteiger partial charge in [0.25, 0.3) is 0 Å². The molecule has 0 atom stereocenters. The summed E-state index contributed by atoms with van der Waals surface area (Å²) < 4.78 is 36.8. The maximum absolute atomic E-state index is 12.6. The first kappa shape index (κ1) is 18.3. The Morgan fingerprint density at radius 2 is 1.33 bits per heavy atom. The quantitative estimate of drug-likeness (QED) is 0.793. The Balaban J connectivity index is 1.34. The number of nitrogens with one attached hydrogen (secondary N) is 2. The molecule has 1 aromatic carbocycles. The highest BCUT2D eigenvalue weighted by atomic mass is 19.4. The Labute approximate surface area is 155 Å². The number of amides is 2. The molecule has 0 spiro atoms. The highest BCUT2D eigenvalue weighted by Gasteiger charge is 2.51. The predicted octanol–water partition coefficient (Wildman–Crippen LogP) is 4.73. The van der Waals surface area contributed by atoms with Crippen LogP contribution in [-0.4, -0.2) is 18.0 Å². The SMILES string of the molecule is O=C(CC12CC3CC(CC(C3)C1)C2)Nc1ccc(NC(=O)C(F)(F)F)cc1. The monoisotopic (exact) mass is 380 g/mol. The van der Waals surface area contributed by atoms with Gasteiger partial charge in [-0.05, 0) is 86.0 Å². The molecule has 4 bridgehead atoms. The van der Waals surface area contributed by atoms with Crippen molar-refractivity contribution in [1.82, 2.24) is 0 Å². The lowest BCUT2D eigenvalue weighted by molar-refractivity contribution is -0.167. The van der Waals surface area contributed by atoms with Gasteiger partial charge in [-0.25, -0.2) is 0 Å². The molecule has 0 aliphatic heterocycles. The van der Waals surface area contributed by atoms with Gasteiger partial charge < -0.3 is 10.6 Å². The number of anilines is 2. The van der Waals surface area contributed by atoms with Gasteiger partial charge in [-0.3, -0.25) is 9.59 Å². The van der Waals surface area contributed by atoms with Gasteiger partial charge in [-0.2, -0.15) is 13.2 Å². The van der Waals surface area contributed by atoms with Crippen molar-refractivity contribution in [1.29, 1.82) is 0 Å². The summed E-state index contributed by atoms with van der Waals surface area (Å²) >= 11 is 0. The van der Waals surface area contributed by atoms with Crippen LogP contribution in [-0.2, 0) is 9.59 Å². The number of rotatable bonds is 4. The summed E-state index contributed by atoms with van der Waals surface area (Å²) in [5, 5.41) is 4.64. The molecule has 27 heavy (non-hydrogen) atoms. The van der Waals surface area contributed by atoms with Crippen molar-refractivity contribution < 1.29 is 22.8 Å². The minimum absolute atomic E-state index is 0.0379. The zero-order valence-electron chi connectivity index (χ0n) is 14.9. The lowest BCUT2D eigenvalue weighted by Gasteiger charge is -2.56. The molecular weight excluding hydrogens is 357 g/mol. The fraction of sp³-hybridized carbons (Fsp3) is 0.600. The lowest BCUT2D eigenvalue weighted by Crippen LogP contribution is -2.47. The topological polar surface area (TPSA) is 58.2 Å². The van der Waals surface area contributed by atoms with E-state index in [2.05, 4.69) is 5.32 Å². The fourth-order valence-corrected chi connectivity index (χ4v) is 5.89. The molecule has 0 saturated heterocycles. The smallest absolute Gasteiger partial charge is 0.326 e. The van der Waals surface area contributed by atoms with Crippen LogP contribution >= 0.6 is 0 Å². The summed E-state index contributed by atoms with van der Waals surface area (Å²) in [6, 6.07) is 5.71. The summed E-state index contributed by atoms with van der Waals surface area (Å²) in [7, 11) is 0. The second kappa shape index (κ2) is 6.53. The van der Waals surface area contributed by atoms with Crippen LogP contribution in [0.3, 0.4) is 0 Å². The van der Waals surface area contributed by atoms with Crippen LogP contribution in [0, 0.1) is 23.2 Å². The first-order chi connectivity index (χ1) is 12.7. The highest BCUT2D eigenvalue weighted by Crippen LogP contribution is 2.61. The van der Waals surface area contributed by atoms with E-state index in [1.807, 2.05) is 0 Å². The van der Waals surface area contributed by atoms with Crippen LogP contribution in [0.5, 0.6) is 0 Å². The maximum atomic E-state index is 12.6. The zero-order chi connectivity index (χ0) is 19.2. The molecule has 0 heterocycles. The van der Waals surface area contributed by atoms with Gasteiger partial charge in [0.2, 0.25) is 5.91 Å². The van der Waals surface area contributed by atoms with Crippen molar-refractivity contribution in [3.63, 3.8) is 0 Å². The lowest BCUT2D eigenvalue weighted by atomic mass is 9.49. The summed E-state index contributed by atoms with van der Waals surface area (Å²) in [5.74, 6) is 0.284. The van der Waals surface area contributed by atoms with E-state index in [0.717, 1.165) is 37.0 Å². The van der Waals surface area contributed by atoms with E-state index in [1.165, 1.54) is 43.5 Å². The molecule has 0 radical (unpaired) electrons. The van der Waals surface area contributed by atoms with Crippen LogP contribution in [0.4, 0.5) is 24.5 Å². The number of carbonyl (C=O) groups is 2. The highest BCUT2D eigenvalue weighted by molar-refractivity contribution is 5.95. The Morgan fingerprint density at radius 1 is 0.889 bits per heavy atom. The number of alkyl halides is 3. The van der Waals surface area contributed by atoms with Gasteiger partial charge in [0.15, 0.2) is 0 Å². The van der Waals surface area contributed by atoms with Gasteiger partial charge in [0, 0.05) is 17.8 Å². The first-order valence-corrected chi connectivity index (χ1v) is 9.49. The normalized spacial score (nSPS) is 31.6. The molecule has 7 heteroatoms. The minimum Gasteiger partial charge on any atom is -0.326 e. The molecule has 4 saturated carbocycles. The van der Waals surface area contributed by atoms with Crippen LogP contribution in [0.15, 0.2) is 24.3 Å². The molecule has 4 nitrogen and oxygen atoms in total. The Morgan fingerprint density at radius 3 is 1.78 bits per heavy atom. The molecule has 5 rings (SSSR count). The molecule has 2 amide bonds. The standard InChI is InChI=1S/C20H23F3N2O2/c21-20(22,23)18(27)25-16-3-1-15(2-4-16)24-17(26)11-19-8-12-5-13(9-19)7-14(6-12)10-19/h1-4,12-14H,5-11H2,(H,24,26)(H,25,27). The largest absolute Gasteiger partial charge is 0.471 e. The van der Waals surface area contributed by atoms with E-state index in [0.29, 0.717) is 12.1 Å². The molecule has 4 aliphatic carbocycles. The summed E-state index contributed by atoms with van der Waals surface area (Å²) in [5.41, 5.74) is 0.700. The minimum atomic E-state index is -4.93. The van der Waals surface area contributed by atoms with Gasteiger partial charge in [0.05, 0.1) is 0 Å². The molecule has 4 aliphatic rings. The Bertz CT molecular complexity index is 707. The van der Waals surface area contributed by atoms with E-state index in [1.54, 1.807) is 5.32 Å². The molecule has 2 N–H and O–H groups in total. The Hall–Kier alpha value is -2.05. The average Bonchev–Trinajstić information content (AvgIpc) is 2.53. The third kappa shape index (κ3) is 3.96. The van der Waals surface area contributed by atoms with E-state index in [4.69, 9.17) is 0 Å². The maximum Gasteiger partial charge on any atom is 0.471 e. The fourth-order valence-electron chi connectivity index (χ4n) is 5.89. The predicted molar refractivity (Wildman–Crippen MR) is 95.0 cm³/mol. The number of hydrogen-bond acceptors (Lipinski definition) is 2. The average molecular weight is 380 g/mol. The molecule has 0 unspecified atom stereocenters. The van der Waals surface area contributed by atoms with E-state index < -0.39 is 12.1 Å². The van der Waals surface area contributed by atoms with E-state index in [9.17, 15) is 22.8 Å². The van der Waals surface area contributed by atoms with Gasteiger partial charge in [-0.1, -0.05) is 0 Å². The number of benzene rings is 1. The second-order valence-electron chi connectivity index (χ2n) is 8.67. The van der Waals surface area contributed by atoms with Gasteiger partial charge in [-0.15, -0.1) is 0 Å². The number of carbonyl (C=O) groups excluding carboxylic acids is 2.